The van der Waals surface area contributed by atoms with E-state index in [0.717, 1.165) is 11.1 Å². The van der Waals surface area contributed by atoms with Gasteiger partial charge in [0.15, 0.2) is 0 Å². The van der Waals surface area contributed by atoms with Crippen LogP contribution in [0, 0.1) is 0 Å². The molecule has 0 fully saturated rings. The average Bonchev–Trinajstić information content (AvgIpc) is 2.62. The molecule has 1 aliphatic heterocycles. The molecule has 0 unspecified atom stereocenters. The summed E-state index contributed by atoms with van der Waals surface area (Å²) in [5.74, 6) is 0.416. The third kappa shape index (κ3) is 2.56. The first-order chi connectivity index (χ1) is 12.0. The van der Waals surface area contributed by atoms with Crippen LogP contribution < -0.4 is 9.83 Å². The second kappa shape index (κ2) is 6.12. The summed E-state index contributed by atoms with van der Waals surface area (Å²) in [4.78, 5) is 27.0. The summed E-state index contributed by atoms with van der Waals surface area (Å²) in [6.45, 7) is 0. The van der Waals surface area contributed by atoms with Gasteiger partial charge >= 0.3 is 155 Å². The Hall–Kier alpha value is -1.90. The zero-order chi connectivity index (χ0) is 17.6. The van der Waals surface area contributed by atoms with Crippen LogP contribution in [-0.4, -0.2) is 5.52 Å². The van der Waals surface area contributed by atoms with Gasteiger partial charge in [0.25, 0.3) is 0 Å². The zero-order valence-corrected chi connectivity index (χ0v) is 15.3. The average molecular weight is 390 g/mol. The monoisotopic (exact) mass is 389 g/mol. The van der Waals surface area contributed by atoms with Gasteiger partial charge in [0.2, 0.25) is 0 Å². The number of benzene rings is 3. The number of fused-ring (bicyclic) bond motifs is 3. The number of para-hydroxylation sites is 1. The van der Waals surface area contributed by atoms with Gasteiger partial charge in [0, 0.05) is 0 Å². The third-order valence-electron chi connectivity index (χ3n) is 4.20. The van der Waals surface area contributed by atoms with Crippen LogP contribution in [0.1, 0.15) is 10.4 Å². The van der Waals surface area contributed by atoms with Crippen LogP contribution in [0.15, 0.2) is 66.7 Å². The van der Waals surface area contributed by atoms with Crippen LogP contribution in [0.5, 0.6) is 5.75 Å². The van der Waals surface area contributed by atoms with E-state index in [9.17, 15) is 9.69 Å². The van der Waals surface area contributed by atoms with Crippen molar-refractivity contribution >= 4 is 41.7 Å². The predicted octanol–water partition coefficient (Wildman–Crippen LogP) is 5.53. The van der Waals surface area contributed by atoms with Crippen LogP contribution in [0.4, 0.5) is 0 Å². The van der Waals surface area contributed by atoms with E-state index in [1.165, 1.54) is 0 Å². The standard InChI is InChI=1S/C19H12Cl2O3P/c20-14-8-5-9-15(21)18(14)19(22)25(23)17-11-4-2-7-13(17)12-6-1-3-10-16(12)24-25/h1-11,25H. The third-order valence-corrected chi connectivity index (χ3v) is 7.33. The molecule has 0 spiro atoms. The molecule has 125 valence electrons. The SMILES string of the molecule is [O][PH]1(C(=O)c2c(Cl)cccc2Cl)Oc2ccccc2-c2ccccc21. The second-order valence-corrected chi connectivity index (χ2v) is 8.93. The first-order valence-electron chi connectivity index (χ1n) is 7.59. The Morgan fingerprint density at radius 1 is 0.800 bits per heavy atom. The zero-order valence-electron chi connectivity index (χ0n) is 12.8. The fourth-order valence-electron chi connectivity index (χ4n) is 3.04. The van der Waals surface area contributed by atoms with E-state index in [2.05, 4.69) is 0 Å². The second-order valence-electron chi connectivity index (χ2n) is 5.69. The van der Waals surface area contributed by atoms with Crippen molar-refractivity contribution in [3.63, 3.8) is 0 Å². The number of hydrogen-bond donors (Lipinski definition) is 0. The van der Waals surface area contributed by atoms with Crippen molar-refractivity contribution in [1.29, 1.82) is 0 Å². The number of hydrogen-bond acceptors (Lipinski definition) is 2. The molecular formula is C19H12Cl2O3P. The molecule has 0 bridgehead atoms. The molecule has 0 saturated heterocycles. The molecule has 3 aromatic carbocycles. The Kier molecular flexibility index (Phi) is 4.05. The molecule has 6 heteroatoms. The van der Waals surface area contributed by atoms with E-state index < -0.39 is 13.2 Å². The normalized spacial score (nSPS) is 15.5. The minimum absolute atomic E-state index is 0.0293. The van der Waals surface area contributed by atoms with E-state index in [4.69, 9.17) is 27.7 Å². The molecule has 0 aliphatic carbocycles. The van der Waals surface area contributed by atoms with E-state index in [0.29, 0.717) is 11.1 Å². The molecule has 0 saturated carbocycles. The summed E-state index contributed by atoms with van der Waals surface area (Å²) in [6, 6.07) is 19.0. The quantitative estimate of drug-likeness (QED) is 0.541. The van der Waals surface area contributed by atoms with Crippen molar-refractivity contribution in [2.75, 3.05) is 0 Å². The molecule has 25 heavy (non-hydrogen) atoms. The van der Waals surface area contributed by atoms with Crippen LogP contribution >= 0.6 is 30.9 Å². The van der Waals surface area contributed by atoms with Gasteiger partial charge in [-0.05, 0) is 0 Å². The minimum atomic E-state index is -4.27. The molecule has 3 nitrogen and oxygen atoms in total. The van der Waals surface area contributed by atoms with E-state index >= 15 is 0 Å². The van der Waals surface area contributed by atoms with Crippen molar-refractivity contribution in [3.8, 4) is 16.9 Å². The fraction of sp³-hybridized carbons (Fsp3) is 0. The van der Waals surface area contributed by atoms with Crippen molar-refractivity contribution in [2.45, 2.75) is 0 Å². The van der Waals surface area contributed by atoms with Gasteiger partial charge in [-0.2, -0.15) is 0 Å². The van der Waals surface area contributed by atoms with Gasteiger partial charge in [-0.3, -0.25) is 0 Å². The van der Waals surface area contributed by atoms with E-state index in [-0.39, 0.29) is 15.6 Å². The maximum atomic E-state index is 13.8. The number of carbonyl (C=O) groups excluding carboxylic acids is 1. The molecule has 3 aromatic rings. The number of halogens is 2. The molecule has 0 amide bonds. The molecule has 0 atom stereocenters. The van der Waals surface area contributed by atoms with Gasteiger partial charge in [0.1, 0.15) is 0 Å². The first kappa shape index (κ1) is 16.6. The number of carbonyl (C=O) groups is 1. The topological polar surface area (TPSA) is 46.2 Å². The van der Waals surface area contributed by atoms with Crippen molar-refractivity contribution in [3.05, 3.63) is 82.3 Å². The Morgan fingerprint density at radius 2 is 1.40 bits per heavy atom. The number of rotatable bonds is 2. The molecule has 1 radical (unpaired) electrons. The summed E-state index contributed by atoms with van der Waals surface area (Å²) in [7, 11) is -4.27. The van der Waals surface area contributed by atoms with Crippen molar-refractivity contribution in [1.82, 2.24) is 0 Å². The Bertz CT molecular complexity index is 985. The maximum absolute atomic E-state index is 13.8. The Balaban J connectivity index is 1.95. The van der Waals surface area contributed by atoms with Crippen LogP contribution in [0.25, 0.3) is 11.1 Å². The Morgan fingerprint density at radius 3 is 2.12 bits per heavy atom. The Labute approximate surface area is 155 Å². The molecule has 4 rings (SSSR count). The van der Waals surface area contributed by atoms with Crippen molar-refractivity contribution in [2.24, 2.45) is 0 Å². The first-order valence-corrected chi connectivity index (χ1v) is 10.2. The molecular weight excluding hydrogens is 378 g/mol. The summed E-state index contributed by atoms with van der Waals surface area (Å²) in [5, 5.41) is 0.690. The molecule has 0 N–H and O–H groups in total. The predicted molar refractivity (Wildman–Crippen MR) is 102 cm³/mol. The van der Waals surface area contributed by atoms with E-state index in [1.54, 1.807) is 42.5 Å². The van der Waals surface area contributed by atoms with E-state index in [1.807, 2.05) is 24.3 Å². The summed E-state index contributed by atoms with van der Waals surface area (Å²) in [5.41, 5.74) is 0.879. The van der Waals surface area contributed by atoms with Gasteiger partial charge in [-0.15, -0.1) is 0 Å². The summed E-state index contributed by atoms with van der Waals surface area (Å²) in [6.07, 6.45) is 0. The molecule has 0 aromatic heterocycles. The molecule has 1 aliphatic rings. The van der Waals surface area contributed by atoms with Gasteiger partial charge in [-0.1, -0.05) is 0 Å². The molecule has 1 heterocycles. The van der Waals surface area contributed by atoms with Crippen LogP contribution in [0.2, 0.25) is 10.0 Å². The summed E-state index contributed by atoms with van der Waals surface area (Å²) < 4.78 is 5.79. The van der Waals surface area contributed by atoms with Crippen LogP contribution in [0.3, 0.4) is 0 Å². The van der Waals surface area contributed by atoms with Crippen LogP contribution in [-0.2, 0) is 4.89 Å². The summed E-state index contributed by atoms with van der Waals surface area (Å²) >= 11 is 12.3. The van der Waals surface area contributed by atoms with Gasteiger partial charge in [-0.25, -0.2) is 0 Å². The van der Waals surface area contributed by atoms with Gasteiger partial charge in [0.05, 0.1) is 0 Å². The van der Waals surface area contributed by atoms with Gasteiger partial charge < -0.3 is 0 Å². The fourth-order valence-corrected chi connectivity index (χ4v) is 6.19. The van der Waals surface area contributed by atoms with Crippen molar-refractivity contribution < 1.29 is 14.2 Å².